The first kappa shape index (κ1) is 12.7. The highest BCUT2D eigenvalue weighted by atomic mass is 16.2. The van der Waals surface area contributed by atoms with Crippen LogP contribution in [-0.4, -0.2) is 34.3 Å². The molecule has 0 aromatic carbocycles. The van der Waals surface area contributed by atoms with E-state index in [1.807, 2.05) is 19.1 Å². The van der Waals surface area contributed by atoms with Crippen LogP contribution in [0.2, 0.25) is 0 Å². The number of likely N-dealkylation sites (tertiary alicyclic amines) is 1. The van der Waals surface area contributed by atoms with E-state index < -0.39 is 0 Å². The van der Waals surface area contributed by atoms with E-state index in [-0.39, 0.29) is 23.8 Å². The van der Waals surface area contributed by atoms with Crippen LogP contribution in [-0.2, 0) is 16.0 Å². The normalized spacial score (nSPS) is 23.9. The Hall–Kier alpha value is -1.78. The number of carbonyl (C=O) groups is 2. The molecule has 0 radical (unpaired) electrons. The van der Waals surface area contributed by atoms with E-state index in [0.29, 0.717) is 13.0 Å². The van der Waals surface area contributed by atoms with Crippen molar-refractivity contribution in [3.63, 3.8) is 0 Å². The molecule has 5 heteroatoms. The van der Waals surface area contributed by atoms with Crippen molar-refractivity contribution in [2.45, 2.75) is 32.2 Å². The predicted molar refractivity (Wildman–Crippen MR) is 67.6 cm³/mol. The first-order valence-corrected chi connectivity index (χ1v) is 6.29. The van der Waals surface area contributed by atoms with Crippen molar-refractivity contribution in [1.29, 1.82) is 0 Å². The molecule has 0 spiro atoms. The highest BCUT2D eigenvalue weighted by molar-refractivity contribution is 5.81. The lowest BCUT2D eigenvalue weighted by Gasteiger charge is -2.36. The van der Waals surface area contributed by atoms with Crippen LogP contribution in [0.4, 0.5) is 0 Å². The van der Waals surface area contributed by atoms with Crippen molar-refractivity contribution in [3.8, 4) is 0 Å². The SMILES string of the molecule is C[C@@H]1CC[C@@H](C(N)=O)CN1C(=O)Cc1ccc[nH]1. The fraction of sp³-hybridized carbons (Fsp3) is 0.538. The number of nitrogens with one attached hydrogen (secondary N) is 1. The molecular weight excluding hydrogens is 230 g/mol. The summed E-state index contributed by atoms with van der Waals surface area (Å²) < 4.78 is 0. The lowest BCUT2D eigenvalue weighted by molar-refractivity contribution is -0.137. The number of rotatable bonds is 3. The Morgan fingerprint density at radius 1 is 1.50 bits per heavy atom. The number of primary amides is 1. The van der Waals surface area contributed by atoms with Crippen LogP contribution < -0.4 is 5.73 Å². The number of hydrogen-bond acceptors (Lipinski definition) is 2. The van der Waals surface area contributed by atoms with Crippen LogP contribution in [0.1, 0.15) is 25.5 Å². The van der Waals surface area contributed by atoms with E-state index in [9.17, 15) is 9.59 Å². The standard InChI is InChI=1S/C13H19N3O2/c1-9-4-5-10(13(14)18)8-16(9)12(17)7-11-3-2-6-15-11/h2-3,6,9-10,15H,4-5,7-8H2,1H3,(H2,14,18)/t9-,10-/m1/s1. The van der Waals surface area contributed by atoms with E-state index in [1.165, 1.54) is 0 Å². The van der Waals surface area contributed by atoms with Gasteiger partial charge in [-0.1, -0.05) is 0 Å². The minimum Gasteiger partial charge on any atom is -0.369 e. The molecule has 1 aliphatic heterocycles. The Bertz CT molecular complexity index is 427. The molecule has 1 aromatic rings. The molecule has 18 heavy (non-hydrogen) atoms. The summed E-state index contributed by atoms with van der Waals surface area (Å²) in [6.45, 7) is 2.47. The molecule has 3 N–H and O–H groups in total. The van der Waals surface area contributed by atoms with Crippen LogP contribution in [0.25, 0.3) is 0 Å². The second kappa shape index (κ2) is 5.25. The first-order chi connectivity index (χ1) is 8.58. The molecular formula is C13H19N3O2. The Labute approximate surface area is 106 Å². The highest BCUT2D eigenvalue weighted by Gasteiger charge is 2.31. The molecule has 1 fully saturated rings. The fourth-order valence-electron chi connectivity index (χ4n) is 2.43. The number of nitrogens with two attached hydrogens (primary N) is 1. The number of aromatic amines is 1. The molecule has 1 aliphatic rings. The van der Waals surface area contributed by atoms with E-state index >= 15 is 0 Å². The van der Waals surface area contributed by atoms with Crippen molar-refractivity contribution < 1.29 is 9.59 Å². The van der Waals surface area contributed by atoms with Crippen LogP contribution >= 0.6 is 0 Å². The van der Waals surface area contributed by atoms with Gasteiger partial charge in [-0.25, -0.2) is 0 Å². The summed E-state index contributed by atoms with van der Waals surface area (Å²) in [6.07, 6.45) is 3.77. The monoisotopic (exact) mass is 249 g/mol. The van der Waals surface area contributed by atoms with Gasteiger partial charge in [0.2, 0.25) is 11.8 Å². The summed E-state index contributed by atoms with van der Waals surface area (Å²) in [6, 6.07) is 3.94. The molecule has 5 nitrogen and oxygen atoms in total. The van der Waals surface area contributed by atoms with Crippen LogP contribution in [0.3, 0.4) is 0 Å². The van der Waals surface area contributed by atoms with Crippen LogP contribution in [0, 0.1) is 5.92 Å². The number of nitrogens with zero attached hydrogens (tertiary/aromatic N) is 1. The number of H-pyrrole nitrogens is 1. The molecule has 1 saturated heterocycles. The molecule has 2 amide bonds. The zero-order valence-corrected chi connectivity index (χ0v) is 10.6. The topological polar surface area (TPSA) is 79.2 Å². The minimum absolute atomic E-state index is 0.0518. The highest BCUT2D eigenvalue weighted by Crippen LogP contribution is 2.22. The summed E-state index contributed by atoms with van der Waals surface area (Å²) in [4.78, 5) is 28.2. The zero-order valence-electron chi connectivity index (χ0n) is 10.6. The third kappa shape index (κ3) is 2.72. The van der Waals surface area contributed by atoms with E-state index in [1.54, 1.807) is 11.1 Å². The van der Waals surface area contributed by atoms with Gasteiger partial charge >= 0.3 is 0 Å². The largest absolute Gasteiger partial charge is 0.369 e. The third-order valence-electron chi connectivity index (χ3n) is 3.61. The van der Waals surface area contributed by atoms with Gasteiger partial charge in [0.1, 0.15) is 0 Å². The number of carbonyl (C=O) groups excluding carboxylic acids is 2. The van der Waals surface area contributed by atoms with Crippen molar-refractivity contribution in [2.75, 3.05) is 6.54 Å². The molecule has 1 aromatic heterocycles. The fourth-order valence-corrected chi connectivity index (χ4v) is 2.43. The summed E-state index contributed by atoms with van der Waals surface area (Å²) in [5, 5.41) is 0. The molecule has 2 heterocycles. The molecule has 0 saturated carbocycles. The Morgan fingerprint density at radius 3 is 2.89 bits per heavy atom. The van der Waals surface area contributed by atoms with Crippen LogP contribution in [0.5, 0.6) is 0 Å². The molecule has 0 unspecified atom stereocenters. The molecule has 0 bridgehead atoms. The Morgan fingerprint density at radius 2 is 2.28 bits per heavy atom. The first-order valence-electron chi connectivity index (χ1n) is 6.29. The van der Waals surface area contributed by atoms with Crippen molar-refractivity contribution in [2.24, 2.45) is 11.7 Å². The minimum atomic E-state index is -0.306. The van der Waals surface area contributed by atoms with E-state index in [2.05, 4.69) is 4.98 Å². The van der Waals surface area contributed by atoms with E-state index in [0.717, 1.165) is 18.5 Å². The van der Waals surface area contributed by atoms with Gasteiger partial charge in [-0.05, 0) is 31.9 Å². The third-order valence-corrected chi connectivity index (χ3v) is 3.61. The van der Waals surface area contributed by atoms with Gasteiger partial charge in [-0.3, -0.25) is 9.59 Å². The maximum absolute atomic E-state index is 12.2. The number of hydrogen-bond donors (Lipinski definition) is 2. The van der Waals surface area contributed by atoms with Gasteiger partial charge < -0.3 is 15.6 Å². The van der Waals surface area contributed by atoms with E-state index in [4.69, 9.17) is 5.73 Å². The molecule has 0 aliphatic carbocycles. The smallest absolute Gasteiger partial charge is 0.228 e. The van der Waals surface area contributed by atoms with Crippen molar-refractivity contribution >= 4 is 11.8 Å². The quantitative estimate of drug-likeness (QED) is 0.825. The maximum atomic E-state index is 12.2. The van der Waals surface area contributed by atoms with Gasteiger partial charge in [-0.15, -0.1) is 0 Å². The summed E-state index contributed by atoms with van der Waals surface area (Å²) in [7, 11) is 0. The van der Waals surface area contributed by atoms with Gasteiger partial charge in [0, 0.05) is 24.5 Å². The Balaban J connectivity index is 2.01. The second-order valence-corrected chi connectivity index (χ2v) is 4.94. The summed E-state index contributed by atoms with van der Waals surface area (Å²) in [5.74, 6) is -0.454. The van der Waals surface area contributed by atoms with Crippen molar-refractivity contribution in [3.05, 3.63) is 24.0 Å². The number of amides is 2. The zero-order chi connectivity index (χ0) is 13.1. The van der Waals surface area contributed by atoms with Crippen molar-refractivity contribution in [1.82, 2.24) is 9.88 Å². The van der Waals surface area contributed by atoms with Gasteiger partial charge in [-0.2, -0.15) is 0 Å². The van der Waals surface area contributed by atoms with Gasteiger partial charge in [0.05, 0.1) is 12.3 Å². The average molecular weight is 249 g/mol. The lowest BCUT2D eigenvalue weighted by atomic mass is 9.92. The average Bonchev–Trinajstić information content (AvgIpc) is 2.81. The second-order valence-electron chi connectivity index (χ2n) is 4.94. The molecule has 98 valence electrons. The van der Waals surface area contributed by atoms with Gasteiger partial charge in [0.15, 0.2) is 0 Å². The van der Waals surface area contributed by atoms with Crippen LogP contribution in [0.15, 0.2) is 18.3 Å². The summed E-state index contributed by atoms with van der Waals surface area (Å²) in [5.41, 5.74) is 6.22. The lowest BCUT2D eigenvalue weighted by Crippen LogP contribution is -2.49. The van der Waals surface area contributed by atoms with Gasteiger partial charge in [0.25, 0.3) is 0 Å². The Kier molecular flexibility index (Phi) is 3.69. The maximum Gasteiger partial charge on any atom is 0.228 e. The summed E-state index contributed by atoms with van der Waals surface area (Å²) >= 11 is 0. The number of piperidine rings is 1. The molecule has 2 atom stereocenters. The predicted octanol–water partition coefficient (Wildman–Crippen LogP) is 0.670. The number of aromatic nitrogens is 1. The molecule has 2 rings (SSSR count).